The van der Waals surface area contributed by atoms with E-state index in [-0.39, 0.29) is 0 Å². The number of hydrogen-bond donors (Lipinski definition) is 0. The first kappa shape index (κ1) is 7.19. The fourth-order valence-electron chi connectivity index (χ4n) is 0.695. The molecule has 0 nitrogen and oxygen atoms in total. The van der Waals surface area contributed by atoms with Gasteiger partial charge in [0.15, 0.2) is 11.6 Å². The third kappa shape index (κ3) is 1.32. The summed E-state index contributed by atoms with van der Waals surface area (Å²) in [6.07, 6.45) is 0.483. The van der Waals surface area contributed by atoms with Crippen LogP contribution in [-0.4, -0.2) is 0 Å². The van der Waals surface area contributed by atoms with Crippen molar-refractivity contribution in [3.8, 4) is 0 Å². The van der Waals surface area contributed by atoms with Gasteiger partial charge in [0.2, 0.25) is 0 Å². The molecule has 2 heteroatoms. The molecule has 0 heterocycles. The van der Waals surface area contributed by atoms with Gasteiger partial charge >= 0.3 is 0 Å². The Bertz CT molecular complexity index is 231. The standard InChI is InChI=1S/C8H7F2/c1-2-6-3-4-7(9)8(10)5-6/h3-5H,1-2H2. The van der Waals surface area contributed by atoms with Crippen molar-refractivity contribution in [2.24, 2.45) is 0 Å². The van der Waals surface area contributed by atoms with Crippen LogP contribution in [0, 0.1) is 18.6 Å². The topological polar surface area (TPSA) is 0 Å². The lowest BCUT2D eigenvalue weighted by Crippen LogP contribution is -1.86. The molecular formula is C8H7F2. The molecule has 1 aromatic carbocycles. The van der Waals surface area contributed by atoms with Gasteiger partial charge in [-0.25, -0.2) is 8.78 Å². The normalized spacial score (nSPS) is 9.90. The average molecular weight is 141 g/mol. The molecule has 0 bridgehead atoms. The predicted molar refractivity (Wildman–Crippen MR) is 35.4 cm³/mol. The second kappa shape index (κ2) is 2.78. The van der Waals surface area contributed by atoms with Crippen molar-refractivity contribution in [3.63, 3.8) is 0 Å². The van der Waals surface area contributed by atoms with Gasteiger partial charge in [-0.2, -0.15) is 0 Å². The maximum atomic E-state index is 12.4. The summed E-state index contributed by atoms with van der Waals surface area (Å²) >= 11 is 0. The number of hydrogen-bond acceptors (Lipinski definition) is 0. The molecule has 0 aliphatic carbocycles. The molecule has 1 rings (SSSR count). The van der Waals surface area contributed by atoms with Gasteiger partial charge in [0, 0.05) is 0 Å². The first-order valence-electron chi connectivity index (χ1n) is 2.97. The molecule has 0 aromatic heterocycles. The number of rotatable bonds is 1. The molecule has 0 aliphatic rings. The van der Waals surface area contributed by atoms with E-state index in [0.29, 0.717) is 12.0 Å². The SMILES string of the molecule is [CH2]Cc1ccc(F)c(F)c1. The first-order chi connectivity index (χ1) is 4.74. The molecule has 0 spiro atoms. The van der Waals surface area contributed by atoms with Crippen molar-refractivity contribution in [1.82, 2.24) is 0 Å². The molecule has 53 valence electrons. The smallest absolute Gasteiger partial charge is 0.159 e. The molecule has 0 aliphatic heterocycles. The van der Waals surface area contributed by atoms with Crippen LogP contribution in [0.4, 0.5) is 8.78 Å². The highest BCUT2D eigenvalue weighted by Gasteiger charge is 1.99. The molecule has 0 atom stereocenters. The van der Waals surface area contributed by atoms with E-state index in [1.54, 1.807) is 0 Å². The molecule has 0 unspecified atom stereocenters. The van der Waals surface area contributed by atoms with Crippen molar-refractivity contribution in [2.45, 2.75) is 6.42 Å². The highest BCUT2D eigenvalue weighted by Crippen LogP contribution is 2.08. The van der Waals surface area contributed by atoms with Crippen LogP contribution in [0.15, 0.2) is 18.2 Å². The highest BCUT2D eigenvalue weighted by molar-refractivity contribution is 5.18. The van der Waals surface area contributed by atoms with Crippen molar-refractivity contribution < 1.29 is 8.78 Å². The second-order valence-corrected chi connectivity index (χ2v) is 2.00. The van der Waals surface area contributed by atoms with Crippen molar-refractivity contribution >= 4 is 0 Å². The summed E-state index contributed by atoms with van der Waals surface area (Å²) in [5.41, 5.74) is 0.707. The fourth-order valence-corrected chi connectivity index (χ4v) is 0.695. The van der Waals surface area contributed by atoms with E-state index >= 15 is 0 Å². The summed E-state index contributed by atoms with van der Waals surface area (Å²) in [6, 6.07) is 3.78. The van der Waals surface area contributed by atoms with Gasteiger partial charge in [-0.3, -0.25) is 0 Å². The van der Waals surface area contributed by atoms with Crippen molar-refractivity contribution in [1.29, 1.82) is 0 Å². The Morgan fingerprint density at radius 3 is 2.40 bits per heavy atom. The fraction of sp³-hybridized carbons (Fsp3) is 0.125. The third-order valence-electron chi connectivity index (χ3n) is 1.27. The summed E-state index contributed by atoms with van der Waals surface area (Å²) < 4.78 is 24.6. The van der Waals surface area contributed by atoms with Gasteiger partial charge in [-0.15, -0.1) is 0 Å². The minimum Gasteiger partial charge on any atom is -0.204 e. The van der Waals surface area contributed by atoms with E-state index in [4.69, 9.17) is 0 Å². The van der Waals surface area contributed by atoms with Crippen LogP contribution in [0.5, 0.6) is 0 Å². The molecule has 10 heavy (non-hydrogen) atoms. The zero-order chi connectivity index (χ0) is 7.56. The van der Waals surface area contributed by atoms with E-state index in [1.807, 2.05) is 0 Å². The number of benzene rings is 1. The zero-order valence-electron chi connectivity index (χ0n) is 5.40. The van der Waals surface area contributed by atoms with E-state index in [1.165, 1.54) is 6.07 Å². The van der Waals surface area contributed by atoms with Gasteiger partial charge in [0.05, 0.1) is 0 Å². The van der Waals surface area contributed by atoms with Gasteiger partial charge in [0.25, 0.3) is 0 Å². The molecule has 1 radical (unpaired) electrons. The minimum absolute atomic E-state index is 0.483. The van der Waals surface area contributed by atoms with Gasteiger partial charge in [-0.1, -0.05) is 6.07 Å². The Morgan fingerprint density at radius 2 is 1.90 bits per heavy atom. The van der Waals surface area contributed by atoms with Crippen LogP contribution in [0.1, 0.15) is 5.56 Å². The van der Waals surface area contributed by atoms with Gasteiger partial charge in [-0.05, 0) is 31.0 Å². The molecule has 1 aromatic rings. The zero-order valence-corrected chi connectivity index (χ0v) is 5.40. The van der Waals surface area contributed by atoms with Crippen molar-refractivity contribution in [2.75, 3.05) is 0 Å². The maximum absolute atomic E-state index is 12.4. The van der Waals surface area contributed by atoms with Gasteiger partial charge < -0.3 is 0 Å². The maximum Gasteiger partial charge on any atom is 0.159 e. The van der Waals surface area contributed by atoms with Crippen LogP contribution in [0.25, 0.3) is 0 Å². The molecule has 0 amide bonds. The van der Waals surface area contributed by atoms with E-state index in [9.17, 15) is 8.78 Å². The Hall–Kier alpha value is -0.920. The molecule has 0 N–H and O–H groups in total. The molecule has 0 fully saturated rings. The van der Waals surface area contributed by atoms with Crippen LogP contribution in [0.2, 0.25) is 0 Å². The Balaban J connectivity index is 3.04. The van der Waals surface area contributed by atoms with Gasteiger partial charge in [0.1, 0.15) is 0 Å². The van der Waals surface area contributed by atoms with Crippen molar-refractivity contribution in [3.05, 3.63) is 42.3 Å². The van der Waals surface area contributed by atoms with E-state index in [2.05, 4.69) is 6.92 Å². The average Bonchev–Trinajstić information content (AvgIpc) is 1.95. The second-order valence-electron chi connectivity index (χ2n) is 2.00. The van der Waals surface area contributed by atoms with Crippen LogP contribution < -0.4 is 0 Å². The lowest BCUT2D eigenvalue weighted by Gasteiger charge is -1.95. The summed E-state index contributed by atoms with van der Waals surface area (Å²) in [7, 11) is 0. The Kier molecular flexibility index (Phi) is 2.00. The minimum atomic E-state index is -0.808. The monoisotopic (exact) mass is 141 g/mol. The molecular weight excluding hydrogens is 134 g/mol. The van der Waals surface area contributed by atoms with E-state index < -0.39 is 11.6 Å². The third-order valence-corrected chi connectivity index (χ3v) is 1.27. The Morgan fingerprint density at radius 1 is 1.20 bits per heavy atom. The number of halogens is 2. The Labute approximate surface area is 58.5 Å². The summed E-state index contributed by atoms with van der Waals surface area (Å²) in [4.78, 5) is 0. The van der Waals surface area contributed by atoms with Crippen LogP contribution in [0.3, 0.4) is 0 Å². The summed E-state index contributed by atoms with van der Waals surface area (Å²) in [6.45, 7) is 3.54. The molecule has 0 saturated carbocycles. The van der Waals surface area contributed by atoms with Crippen LogP contribution in [-0.2, 0) is 6.42 Å². The predicted octanol–water partition coefficient (Wildman–Crippen LogP) is 2.34. The lowest BCUT2D eigenvalue weighted by atomic mass is 10.2. The first-order valence-corrected chi connectivity index (χ1v) is 2.97. The van der Waals surface area contributed by atoms with E-state index in [0.717, 1.165) is 12.1 Å². The summed E-state index contributed by atoms with van der Waals surface area (Å²) in [5, 5.41) is 0. The highest BCUT2D eigenvalue weighted by atomic mass is 19.2. The quantitative estimate of drug-likeness (QED) is 0.563. The van der Waals surface area contributed by atoms with Crippen LogP contribution >= 0.6 is 0 Å². The largest absolute Gasteiger partial charge is 0.204 e. The summed E-state index contributed by atoms with van der Waals surface area (Å²) in [5.74, 6) is -1.61. The lowest BCUT2D eigenvalue weighted by molar-refractivity contribution is 0.507. The molecule has 0 saturated heterocycles.